The summed E-state index contributed by atoms with van der Waals surface area (Å²) in [6, 6.07) is 4.46. The van der Waals surface area contributed by atoms with Crippen molar-refractivity contribution in [1.82, 2.24) is 10.3 Å². The van der Waals surface area contributed by atoms with Gasteiger partial charge in [0.05, 0.1) is 0 Å². The second-order valence-corrected chi connectivity index (χ2v) is 2.88. The Morgan fingerprint density at radius 2 is 2.40 bits per heavy atom. The van der Waals surface area contributed by atoms with Crippen LogP contribution in [-0.4, -0.2) is 17.4 Å². The fraction of sp³-hybridized carbons (Fsp3) is 0.273. The van der Waals surface area contributed by atoms with Crippen LogP contribution in [-0.2, 0) is 4.79 Å². The van der Waals surface area contributed by atoms with Crippen molar-refractivity contribution < 1.29 is 9.18 Å². The molecular weight excluding hydrogens is 195 g/mol. The Bertz CT molecular complexity index is 407. The molecule has 0 aliphatic heterocycles. The number of pyridine rings is 1. The lowest BCUT2D eigenvalue weighted by Gasteiger charge is -1.94. The molecule has 0 fully saturated rings. The quantitative estimate of drug-likeness (QED) is 0.447. The third-order valence-electron chi connectivity index (χ3n) is 1.56. The topological polar surface area (TPSA) is 42.0 Å². The molecule has 0 aromatic carbocycles. The van der Waals surface area contributed by atoms with Crippen LogP contribution in [0.1, 0.15) is 19.0 Å². The predicted octanol–water partition coefficient (Wildman–Crippen LogP) is 1.10. The lowest BCUT2D eigenvalue weighted by molar-refractivity contribution is -0.118. The van der Waals surface area contributed by atoms with E-state index in [2.05, 4.69) is 22.1 Å². The predicted molar refractivity (Wildman–Crippen MR) is 54.4 cm³/mol. The zero-order valence-corrected chi connectivity index (χ0v) is 8.38. The Kier molecular flexibility index (Phi) is 4.30. The molecule has 0 saturated heterocycles. The molecular formula is C11H11FN2O. The number of amides is 1. The van der Waals surface area contributed by atoms with Crippen LogP contribution in [0.2, 0.25) is 0 Å². The summed E-state index contributed by atoms with van der Waals surface area (Å²) in [5, 5.41) is 2.61. The smallest absolute Gasteiger partial charge is 0.216 e. The van der Waals surface area contributed by atoms with Crippen molar-refractivity contribution in [2.45, 2.75) is 13.3 Å². The van der Waals surface area contributed by atoms with E-state index in [0.29, 0.717) is 18.7 Å². The first kappa shape index (κ1) is 11.2. The van der Waals surface area contributed by atoms with Gasteiger partial charge in [0.2, 0.25) is 11.9 Å². The van der Waals surface area contributed by atoms with Crippen molar-refractivity contribution in [2.75, 3.05) is 6.54 Å². The van der Waals surface area contributed by atoms with Crippen LogP contribution in [0.5, 0.6) is 0 Å². The molecule has 1 aromatic rings. The molecule has 0 bridgehead atoms. The molecule has 0 aliphatic rings. The molecule has 0 aliphatic carbocycles. The standard InChI is InChI=1S/C11H11FN2O/c1-9(15)13-8-3-2-5-10-6-4-7-11(12)14-10/h4,6-7H,3,8H2,1H3,(H,13,15). The summed E-state index contributed by atoms with van der Waals surface area (Å²) in [6.07, 6.45) is 0.526. The molecule has 0 saturated carbocycles. The molecule has 15 heavy (non-hydrogen) atoms. The number of nitrogens with one attached hydrogen (secondary N) is 1. The average molecular weight is 206 g/mol. The summed E-state index contributed by atoms with van der Waals surface area (Å²) in [6.45, 7) is 1.94. The van der Waals surface area contributed by atoms with Gasteiger partial charge in [-0.1, -0.05) is 12.0 Å². The van der Waals surface area contributed by atoms with E-state index in [9.17, 15) is 9.18 Å². The summed E-state index contributed by atoms with van der Waals surface area (Å²) < 4.78 is 12.6. The van der Waals surface area contributed by atoms with E-state index in [-0.39, 0.29) is 5.91 Å². The largest absolute Gasteiger partial charge is 0.355 e. The van der Waals surface area contributed by atoms with Gasteiger partial charge in [-0.25, -0.2) is 4.98 Å². The normalized spacial score (nSPS) is 8.93. The number of hydrogen-bond acceptors (Lipinski definition) is 2. The van der Waals surface area contributed by atoms with Crippen molar-refractivity contribution in [2.24, 2.45) is 0 Å². The Morgan fingerprint density at radius 3 is 3.07 bits per heavy atom. The maximum Gasteiger partial charge on any atom is 0.216 e. The van der Waals surface area contributed by atoms with Crippen molar-refractivity contribution >= 4 is 5.91 Å². The summed E-state index contributed by atoms with van der Waals surface area (Å²) in [5.74, 6) is 4.88. The van der Waals surface area contributed by atoms with E-state index < -0.39 is 5.95 Å². The van der Waals surface area contributed by atoms with E-state index in [1.807, 2.05) is 0 Å². The first-order chi connectivity index (χ1) is 7.18. The molecule has 4 heteroatoms. The molecule has 0 radical (unpaired) electrons. The van der Waals surface area contributed by atoms with Gasteiger partial charge >= 0.3 is 0 Å². The van der Waals surface area contributed by atoms with Gasteiger partial charge in [-0.3, -0.25) is 4.79 Å². The lowest BCUT2D eigenvalue weighted by Crippen LogP contribution is -2.20. The highest BCUT2D eigenvalue weighted by molar-refractivity contribution is 5.72. The van der Waals surface area contributed by atoms with Crippen LogP contribution in [0.25, 0.3) is 0 Å². The first-order valence-electron chi connectivity index (χ1n) is 4.54. The van der Waals surface area contributed by atoms with Crippen molar-refractivity contribution in [3.05, 3.63) is 29.8 Å². The first-order valence-corrected chi connectivity index (χ1v) is 4.54. The second kappa shape index (κ2) is 5.76. The monoisotopic (exact) mass is 206 g/mol. The third-order valence-corrected chi connectivity index (χ3v) is 1.56. The van der Waals surface area contributed by atoms with E-state index in [4.69, 9.17) is 0 Å². The summed E-state index contributed by atoms with van der Waals surface area (Å²) in [5.41, 5.74) is 0.401. The molecule has 1 heterocycles. The van der Waals surface area contributed by atoms with Gasteiger partial charge in [-0.05, 0) is 18.1 Å². The molecule has 1 amide bonds. The number of aromatic nitrogens is 1. The Balaban J connectivity index is 2.41. The Morgan fingerprint density at radius 1 is 1.60 bits per heavy atom. The molecule has 1 rings (SSSR count). The highest BCUT2D eigenvalue weighted by Crippen LogP contribution is 1.95. The zero-order valence-electron chi connectivity index (χ0n) is 8.38. The fourth-order valence-corrected chi connectivity index (χ4v) is 0.932. The van der Waals surface area contributed by atoms with E-state index in [0.717, 1.165) is 0 Å². The van der Waals surface area contributed by atoms with E-state index in [1.165, 1.54) is 13.0 Å². The number of hydrogen-bond donors (Lipinski definition) is 1. The van der Waals surface area contributed by atoms with Crippen LogP contribution >= 0.6 is 0 Å². The third kappa shape index (κ3) is 4.77. The number of rotatable bonds is 2. The zero-order chi connectivity index (χ0) is 11.1. The van der Waals surface area contributed by atoms with Gasteiger partial charge in [-0.15, -0.1) is 0 Å². The van der Waals surface area contributed by atoms with Gasteiger partial charge in [0.15, 0.2) is 0 Å². The molecule has 3 nitrogen and oxygen atoms in total. The second-order valence-electron chi connectivity index (χ2n) is 2.88. The van der Waals surface area contributed by atoms with Gasteiger partial charge < -0.3 is 5.32 Å². The number of carbonyl (C=O) groups is 1. The van der Waals surface area contributed by atoms with Gasteiger partial charge in [0.1, 0.15) is 5.69 Å². The number of nitrogens with zero attached hydrogens (tertiary/aromatic N) is 1. The van der Waals surface area contributed by atoms with E-state index >= 15 is 0 Å². The highest BCUT2D eigenvalue weighted by atomic mass is 19.1. The van der Waals surface area contributed by atoms with Crippen LogP contribution in [0, 0.1) is 17.8 Å². The fourth-order valence-electron chi connectivity index (χ4n) is 0.932. The van der Waals surface area contributed by atoms with Crippen molar-refractivity contribution in [1.29, 1.82) is 0 Å². The molecule has 0 spiro atoms. The van der Waals surface area contributed by atoms with Crippen LogP contribution < -0.4 is 5.32 Å². The Labute approximate surface area is 87.7 Å². The van der Waals surface area contributed by atoms with Crippen LogP contribution in [0.4, 0.5) is 4.39 Å². The maximum atomic E-state index is 12.6. The van der Waals surface area contributed by atoms with Crippen LogP contribution in [0.3, 0.4) is 0 Å². The van der Waals surface area contributed by atoms with Gasteiger partial charge in [0.25, 0.3) is 0 Å². The molecule has 0 unspecified atom stereocenters. The molecule has 78 valence electrons. The van der Waals surface area contributed by atoms with Gasteiger partial charge in [0, 0.05) is 19.9 Å². The SMILES string of the molecule is CC(=O)NCCC#Cc1cccc(F)n1. The van der Waals surface area contributed by atoms with Crippen molar-refractivity contribution in [3.8, 4) is 11.8 Å². The average Bonchev–Trinajstić information content (AvgIpc) is 2.17. The minimum atomic E-state index is -0.538. The molecule has 0 atom stereocenters. The van der Waals surface area contributed by atoms with Crippen LogP contribution in [0.15, 0.2) is 18.2 Å². The number of halogens is 1. The summed E-state index contributed by atoms with van der Waals surface area (Å²) >= 11 is 0. The molecule has 1 N–H and O–H groups in total. The number of carbonyl (C=O) groups excluding carboxylic acids is 1. The van der Waals surface area contributed by atoms with Crippen molar-refractivity contribution in [3.63, 3.8) is 0 Å². The highest BCUT2D eigenvalue weighted by Gasteiger charge is 1.91. The summed E-state index contributed by atoms with van der Waals surface area (Å²) in [4.78, 5) is 14.1. The van der Waals surface area contributed by atoms with Gasteiger partial charge in [-0.2, -0.15) is 4.39 Å². The van der Waals surface area contributed by atoms with E-state index in [1.54, 1.807) is 12.1 Å². The minimum Gasteiger partial charge on any atom is -0.355 e. The Hall–Kier alpha value is -1.89. The summed E-state index contributed by atoms with van der Waals surface area (Å²) in [7, 11) is 0. The maximum absolute atomic E-state index is 12.6. The lowest BCUT2D eigenvalue weighted by atomic mass is 10.3. The molecule has 1 aromatic heterocycles. The minimum absolute atomic E-state index is 0.0827.